The number of nitriles is 1. The zero-order chi connectivity index (χ0) is 23.5. The van der Waals surface area contributed by atoms with Crippen LogP contribution in [-0.2, 0) is 4.79 Å². The Kier molecular flexibility index (Phi) is 5.96. The van der Waals surface area contributed by atoms with Crippen LogP contribution in [0.15, 0.2) is 48.7 Å². The first-order valence-corrected chi connectivity index (χ1v) is 10.3. The fourth-order valence-electron chi connectivity index (χ4n) is 3.64. The Labute approximate surface area is 191 Å². The van der Waals surface area contributed by atoms with Gasteiger partial charge in [0.2, 0.25) is 0 Å². The van der Waals surface area contributed by atoms with Gasteiger partial charge < -0.3 is 14.8 Å². The monoisotopic (exact) mass is 441 g/mol. The number of benzene rings is 2. The summed E-state index contributed by atoms with van der Waals surface area (Å²) in [6.45, 7) is 5.66. The molecule has 0 atom stereocenters. The van der Waals surface area contributed by atoms with E-state index in [1.54, 1.807) is 7.11 Å². The van der Waals surface area contributed by atoms with Crippen LogP contribution in [0.25, 0.3) is 16.7 Å². The molecular formula is C25H23N5O3. The molecule has 4 aromatic rings. The van der Waals surface area contributed by atoms with E-state index in [1.165, 1.54) is 10.9 Å². The predicted octanol–water partition coefficient (Wildman–Crippen LogP) is 4.24. The Morgan fingerprint density at radius 2 is 1.94 bits per heavy atom. The van der Waals surface area contributed by atoms with Crippen molar-refractivity contribution in [3.8, 4) is 23.4 Å². The molecule has 2 heterocycles. The number of carbonyl (C=O) groups is 1. The lowest BCUT2D eigenvalue weighted by molar-refractivity contribution is -0.118. The average Bonchev–Trinajstić information content (AvgIpc) is 3.20. The number of pyridine rings is 1. The number of carbonyl (C=O) groups excluding carboxylic acids is 1. The minimum absolute atomic E-state index is 0.210. The summed E-state index contributed by atoms with van der Waals surface area (Å²) in [6, 6.07) is 15.3. The van der Waals surface area contributed by atoms with Gasteiger partial charge >= 0.3 is 0 Å². The molecule has 0 bridgehead atoms. The molecule has 0 fully saturated rings. The van der Waals surface area contributed by atoms with Gasteiger partial charge in [-0.15, -0.1) is 0 Å². The van der Waals surface area contributed by atoms with Crippen molar-refractivity contribution in [3.63, 3.8) is 0 Å². The number of aryl methyl sites for hydroxylation is 3. The second kappa shape index (κ2) is 9.01. The molecule has 0 saturated carbocycles. The molecule has 0 spiro atoms. The van der Waals surface area contributed by atoms with Crippen LogP contribution in [0.5, 0.6) is 11.5 Å². The van der Waals surface area contributed by atoms with Gasteiger partial charge in [-0.25, -0.2) is 4.98 Å². The van der Waals surface area contributed by atoms with Gasteiger partial charge in [0, 0.05) is 5.39 Å². The second-order valence-electron chi connectivity index (χ2n) is 7.69. The second-order valence-corrected chi connectivity index (χ2v) is 7.69. The number of nitrogens with one attached hydrogen (secondary N) is 1. The third-order valence-electron chi connectivity index (χ3n) is 5.27. The van der Waals surface area contributed by atoms with E-state index in [4.69, 9.17) is 9.47 Å². The van der Waals surface area contributed by atoms with E-state index in [1.807, 2.05) is 63.2 Å². The fraction of sp³-hybridized carbons (Fsp3) is 0.200. The van der Waals surface area contributed by atoms with E-state index in [0.717, 1.165) is 22.1 Å². The Balaban J connectivity index is 1.64. The number of methoxy groups -OCH3 is 1. The lowest BCUT2D eigenvalue weighted by Crippen LogP contribution is -2.23. The highest BCUT2D eigenvalue weighted by Crippen LogP contribution is 2.29. The average molecular weight is 441 g/mol. The summed E-state index contributed by atoms with van der Waals surface area (Å²) in [7, 11) is 1.58. The molecule has 33 heavy (non-hydrogen) atoms. The largest absolute Gasteiger partial charge is 0.494 e. The quantitative estimate of drug-likeness (QED) is 0.480. The maximum atomic E-state index is 12.7. The van der Waals surface area contributed by atoms with Crippen molar-refractivity contribution >= 4 is 22.6 Å². The summed E-state index contributed by atoms with van der Waals surface area (Å²) in [5.74, 6) is 1.52. The first-order valence-electron chi connectivity index (χ1n) is 10.3. The number of anilines is 1. The molecule has 0 aliphatic rings. The summed E-state index contributed by atoms with van der Waals surface area (Å²) >= 11 is 0. The van der Waals surface area contributed by atoms with Crippen molar-refractivity contribution in [1.82, 2.24) is 14.8 Å². The van der Waals surface area contributed by atoms with Crippen molar-refractivity contribution in [1.29, 1.82) is 5.26 Å². The number of amides is 1. The van der Waals surface area contributed by atoms with Crippen LogP contribution < -0.4 is 14.8 Å². The highest BCUT2D eigenvalue weighted by molar-refractivity contribution is 5.93. The highest BCUT2D eigenvalue weighted by atomic mass is 16.5. The predicted molar refractivity (Wildman–Crippen MR) is 125 cm³/mol. The molecule has 8 nitrogen and oxygen atoms in total. The molecule has 1 N–H and O–H groups in total. The van der Waals surface area contributed by atoms with E-state index >= 15 is 0 Å². The van der Waals surface area contributed by atoms with Gasteiger partial charge in [-0.2, -0.15) is 15.0 Å². The van der Waals surface area contributed by atoms with Gasteiger partial charge in [0.1, 0.15) is 28.6 Å². The van der Waals surface area contributed by atoms with Crippen LogP contribution in [0.3, 0.4) is 0 Å². The summed E-state index contributed by atoms with van der Waals surface area (Å²) in [5.41, 5.74) is 3.89. The number of para-hydroxylation sites is 1. The molecule has 8 heteroatoms. The smallest absolute Gasteiger partial charge is 0.263 e. The number of ether oxygens (including phenoxy) is 2. The lowest BCUT2D eigenvalue weighted by Gasteiger charge is -2.13. The minimum Gasteiger partial charge on any atom is -0.494 e. The molecule has 0 radical (unpaired) electrons. The topological polar surface area (TPSA) is 102 Å². The van der Waals surface area contributed by atoms with Crippen LogP contribution in [-0.4, -0.2) is 34.4 Å². The summed E-state index contributed by atoms with van der Waals surface area (Å²) < 4.78 is 12.6. The molecule has 166 valence electrons. The Bertz CT molecular complexity index is 1400. The Hall–Kier alpha value is -4.38. The zero-order valence-corrected chi connectivity index (χ0v) is 18.8. The standard InChI is InChI=1S/C25H23N5O3/c1-15-8-9-20(17(3)10-15)33-14-23(31)29-25-18(12-26)13-27-30(25)22-11-16(2)19-6-5-7-21(32-4)24(19)28-22/h5-11,13H,14H2,1-4H3,(H,29,31). The van der Waals surface area contributed by atoms with Crippen molar-refractivity contribution in [2.45, 2.75) is 20.8 Å². The number of aromatic nitrogens is 3. The zero-order valence-electron chi connectivity index (χ0n) is 18.8. The van der Waals surface area contributed by atoms with E-state index < -0.39 is 5.91 Å². The molecule has 0 aliphatic heterocycles. The van der Waals surface area contributed by atoms with Crippen LogP contribution in [0.4, 0.5) is 5.82 Å². The first-order chi connectivity index (χ1) is 15.9. The first kappa shape index (κ1) is 21.8. The Morgan fingerprint density at radius 1 is 1.12 bits per heavy atom. The van der Waals surface area contributed by atoms with Crippen molar-refractivity contribution in [2.75, 3.05) is 19.0 Å². The molecule has 2 aromatic carbocycles. The Morgan fingerprint density at radius 3 is 2.67 bits per heavy atom. The van der Waals surface area contributed by atoms with Crippen LogP contribution >= 0.6 is 0 Å². The molecule has 0 unspecified atom stereocenters. The van der Waals surface area contributed by atoms with Crippen LogP contribution in [0.1, 0.15) is 22.3 Å². The van der Waals surface area contributed by atoms with Crippen LogP contribution in [0, 0.1) is 32.1 Å². The van der Waals surface area contributed by atoms with Gasteiger partial charge in [-0.05, 0) is 50.1 Å². The maximum absolute atomic E-state index is 12.7. The van der Waals surface area contributed by atoms with Gasteiger partial charge in [-0.3, -0.25) is 4.79 Å². The molecule has 1 amide bonds. The summed E-state index contributed by atoms with van der Waals surface area (Å²) in [6.07, 6.45) is 1.39. The van der Waals surface area contributed by atoms with Crippen molar-refractivity contribution in [3.05, 3.63) is 70.9 Å². The maximum Gasteiger partial charge on any atom is 0.263 e. The van der Waals surface area contributed by atoms with Crippen molar-refractivity contribution in [2.24, 2.45) is 0 Å². The SMILES string of the molecule is COc1cccc2c(C)cc(-n3ncc(C#N)c3NC(=O)COc3ccc(C)cc3C)nc12. The fourth-order valence-corrected chi connectivity index (χ4v) is 3.64. The van der Waals surface area contributed by atoms with E-state index in [0.29, 0.717) is 22.8 Å². The minimum atomic E-state index is -0.414. The number of nitrogens with zero attached hydrogens (tertiary/aromatic N) is 4. The molecule has 0 aliphatic carbocycles. The number of fused-ring (bicyclic) bond motifs is 1. The number of hydrogen-bond acceptors (Lipinski definition) is 6. The highest BCUT2D eigenvalue weighted by Gasteiger charge is 2.18. The van der Waals surface area contributed by atoms with E-state index in [9.17, 15) is 10.1 Å². The summed E-state index contributed by atoms with van der Waals surface area (Å²) in [5, 5.41) is 17.5. The van der Waals surface area contributed by atoms with Gasteiger partial charge in [0.15, 0.2) is 18.2 Å². The molecule has 4 rings (SSSR count). The van der Waals surface area contributed by atoms with Crippen LogP contribution in [0.2, 0.25) is 0 Å². The van der Waals surface area contributed by atoms with Gasteiger partial charge in [0.05, 0.1) is 13.3 Å². The van der Waals surface area contributed by atoms with Crippen molar-refractivity contribution < 1.29 is 14.3 Å². The summed E-state index contributed by atoms with van der Waals surface area (Å²) in [4.78, 5) is 17.4. The van der Waals surface area contributed by atoms with Gasteiger partial charge in [0.25, 0.3) is 5.91 Å². The molecular weight excluding hydrogens is 418 g/mol. The number of rotatable bonds is 6. The normalized spacial score (nSPS) is 10.6. The van der Waals surface area contributed by atoms with E-state index in [2.05, 4.69) is 21.5 Å². The number of hydrogen-bond donors (Lipinski definition) is 1. The lowest BCUT2D eigenvalue weighted by atomic mass is 10.1. The van der Waals surface area contributed by atoms with E-state index in [-0.39, 0.29) is 18.0 Å². The molecule has 0 saturated heterocycles. The molecule has 2 aromatic heterocycles. The third-order valence-corrected chi connectivity index (χ3v) is 5.27. The van der Waals surface area contributed by atoms with Gasteiger partial charge in [-0.1, -0.05) is 29.8 Å². The third kappa shape index (κ3) is 4.34.